The van der Waals surface area contributed by atoms with Gasteiger partial charge in [-0.2, -0.15) is 11.8 Å². The van der Waals surface area contributed by atoms with E-state index in [2.05, 4.69) is 52.1 Å². The van der Waals surface area contributed by atoms with E-state index in [0.29, 0.717) is 24.2 Å². The van der Waals surface area contributed by atoms with Crippen LogP contribution >= 0.6 is 11.8 Å². The summed E-state index contributed by atoms with van der Waals surface area (Å²) in [5.74, 6) is 3.49. The molecule has 4 unspecified atom stereocenters. The predicted molar refractivity (Wildman–Crippen MR) is 127 cm³/mol. The van der Waals surface area contributed by atoms with Crippen LogP contribution in [0.4, 0.5) is 0 Å². The number of carbonyl (C=O) groups excluding carboxylic acids is 1. The van der Waals surface area contributed by atoms with Gasteiger partial charge in [0, 0.05) is 12.5 Å². The molecule has 1 aromatic rings. The predicted octanol–water partition coefficient (Wildman–Crippen LogP) is 5.57. The molecule has 0 bridgehead atoms. The molecule has 1 aromatic carbocycles. The molecule has 4 nitrogen and oxygen atoms in total. The Morgan fingerprint density at radius 2 is 2.07 bits per heavy atom. The van der Waals surface area contributed by atoms with Crippen molar-refractivity contribution < 1.29 is 14.3 Å². The second kappa shape index (κ2) is 12.6. The first-order valence-corrected chi connectivity index (χ1v) is 12.9. The molecule has 5 heteroatoms. The first-order chi connectivity index (χ1) is 14.3. The largest absolute Gasteiger partial charge is 0.493 e. The minimum Gasteiger partial charge on any atom is -0.493 e. The van der Waals surface area contributed by atoms with E-state index in [4.69, 9.17) is 15.2 Å². The van der Waals surface area contributed by atoms with Gasteiger partial charge in [0.2, 0.25) is 0 Å². The highest BCUT2D eigenvalue weighted by Crippen LogP contribution is 2.32. The number of nitrogens with two attached hydrogens (primary N) is 1. The normalized spacial score (nSPS) is 19.6. The maximum absolute atomic E-state index is 11.5. The number of carbonyl (C=O) groups is 1. The van der Waals surface area contributed by atoms with Gasteiger partial charge >= 0.3 is 5.97 Å². The van der Waals surface area contributed by atoms with Crippen LogP contribution in [0.3, 0.4) is 0 Å². The van der Waals surface area contributed by atoms with E-state index in [0.717, 1.165) is 50.2 Å². The van der Waals surface area contributed by atoms with Crippen LogP contribution in [-0.4, -0.2) is 36.7 Å². The van der Waals surface area contributed by atoms with Crippen LogP contribution in [0.1, 0.15) is 76.8 Å². The standard InChI is InChI=1S/C25H41NO3S/c1-6-18(4)21-9-8-19(15-24(21)28-12-7-13-30-5)14-20(17(2)3)16-22(26)23-10-11-25(27)29-23/h8-9,15,17-18,20,22-23H,6-7,10-14,16,26H2,1-5H3. The molecule has 2 rings (SSSR count). The molecule has 1 saturated heterocycles. The van der Waals surface area contributed by atoms with Gasteiger partial charge in [0.15, 0.2) is 0 Å². The van der Waals surface area contributed by atoms with Crippen LogP contribution in [0.5, 0.6) is 5.75 Å². The lowest BCUT2D eigenvalue weighted by atomic mass is 9.82. The van der Waals surface area contributed by atoms with Crippen molar-refractivity contribution in [1.82, 2.24) is 0 Å². The molecular formula is C25H41NO3S. The van der Waals surface area contributed by atoms with Crippen molar-refractivity contribution >= 4 is 17.7 Å². The van der Waals surface area contributed by atoms with Crippen LogP contribution in [0.15, 0.2) is 18.2 Å². The molecule has 0 saturated carbocycles. The number of rotatable bonds is 13. The first-order valence-electron chi connectivity index (χ1n) is 11.5. The molecule has 0 aromatic heterocycles. The average molecular weight is 436 g/mol. The monoisotopic (exact) mass is 435 g/mol. The Hall–Kier alpha value is -1.20. The summed E-state index contributed by atoms with van der Waals surface area (Å²) in [4.78, 5) is 11.5. The molecule has 0 aliphatic carbocycles. The van der Waals surface area contributed by atoms with Gasteiger partial charge < -0.3 is 15.2 Å². The molecule has 4 atom stereocenters. The van der Waals surface area contributed by atoms with Crippen molar-refractivity contribution in [3.63, 3.8) is 0 Å². The summed E-state index contributed by atoms with van der Waals surface area (Å²) in [6.45, 7) is 9.76. The number of thioether (sulfide) groups is 1. The Morgan fingerprint density at radius 3 is 2.67 bits per heavy atom. The summed E-state index contributed by atoms with van der Waals surface area (Å²) in [7, 11) is 0. The number of cyclic esters (lactones) is 1. The fourth-order valence-corrected chi connectivity index (χ4v) is 4.49. The van der Waals surface area contributed by atoms with Gasteiger partial charge in [0.1, 0.15) is 11.9 Å². The summed E-state index contributed by atoms with van der Waals surface area (Å²) >= 11 is 1.86. The lowest BCUT2D eigenvalue weighted by molar-refractivity contribution is -0.142. The van der Waals surface area contributed by atoms with Crippen molar-refractivity contribution in [2.45, 2.75) is 84.3 Å². The zero-order valence-electron chi connectivity index (χ0n) is 19.5. The Kier molecular flexibility index (Phi) is 10.5. The van der Waals surface area contributed by atoms with Crippen molar-refractivity contribution in [1.29, 1.82) is 0 Å². The minimum atomic E-state index is -0.123. The molecular weight excluding hydrogens is 394 g/mol. The average Bonchev–Trinajstić information content (AvgIpc) is 3.16. The third-order valence-electron chi connectivity index (χ3n) is 6.38. The highest BCUT2D eigenvalue weighted by Gasteiger charge is 2.31. The van der Waals surface area contributed by atoms with Crippen LogP contribution in [0.2, 0.25) is 0 Å². The molecule has 1 aliphatic rings. The van der Waals surface area contributed by atoms with Gasteiger partial charge in [-0.3, -0.25) is 4.79 Å². The van der Waals surface area contributed by atoms with Crippen LogP contribution < -0.4 is 10.5 Å². The van der Waals surface area contributed by atoms with E-state index >= 15 is 0 Å². The molecule has 1 heterocycles. The molecule has 0 radical (unpaired) electrons. The maximum Gasteiger partial charge on any atom is 0.306 e. The summed E-state index contributed by atoms with van der Waals surface area (Å²) in [6.07, 6.45) is 7.26. The van der Waals surface area contributed by atoms with E-state index in [1.165, 1.54) is 11.1 Å². The summed E-state index contributed by atoms with van der Waals surface area (Å²) in [6, 6.07) is 6.67. The van der Waals surface area contributed by atoms with Gasteiger partial charge in [0.05, 0.1) is 6.61 Å². The molecule has 2 N–H and O–H groups in total. The van der Waals surface area contributed by atoms with Gasteiger partial charge in [0.25, 0.3) is 0 Å². The maximum atomic E-state index is 11.5. The van der Waals surface area contributed by atoms with Crippen molar-refractivity contribution in [2.24, 2.45) is 17.6 Å². The van der Waals surface area contributed by atoms with E-state index < -0.39 is 0 Å². The number of ether oxygens (including phenoxy) is 2. The molecule has 170 valence electrons. The van der Waals surface area contributed by atoms with E-state index in [9.17, 15) is 4.79 Å². The van der Waals surface area contributed by atoms with E-state index in [1.54, 1.807) is 0 Å². The van der Waals surface area contributed by atoms with Crippen molar-refractivity contribution in [3.8, 4) is 5.75 Å². The van der Waals surface area contributed by atoms with Gasteiger partial charge in [-0.1, -0.05) is 39.8 Å². The first kappa shape index (κ1) is 25.1. The van der Waals surface area contributed by atoms with Crippen molar-refractivity contribution in [3.05, 3.63) is 29.3 Å². The highest BCUT2D eigenvalue weighted by molar-refractivity contribution is 7.98. The summed E-state index contributed by atoms with van der Waals surface area (Å²) in [5, 5.41) is 0. The van der Waals surface area contributed by atoms with Crippen molar-refractivity contribution in [2.75, 3.05) is 18.6 Å². The number of benzene rings is 1. The lowest BCUT2D eigenvalue weighted by Crippen LogP contribution is -2.37. The highest BCUT2D eigenvalue weighted by atomic mass is 32.2. The zero-order valence-corrected chi connectivity index (χ0v) is 20.3. The summed E-state index contributed by atoms with van der Waals surface area (Å²) < 4.78 is 11.6. The Morgan fingerprint density at radius 1 is 1.30 bits per heavy atom. The Labute approximate surface area is 187 Å². The Balaban J connectivity index is 2.09. The SMILES string of the molecule is CCC(C)c1ccc(CC(CC(N)C2CCC(=O)O2)C(C)C)cc1OCCCSC. The smallest absolute Gasteiger partial charge is 0.306 e. The lowest BCUT2D eigenvalue weighted by Gasteiger charge is -2.27. The van der Waals surface area contributed by atoms with Crippen LogP contribution in [0, 0.1) is 11.8 Å². The van der Waals surface area contributed by atoms with Crippen LogP contribution in [0.25, 0.3) is 0 Å². The third kappa shape index (κ3) is 7.49. The molecule has 0 amide bonds. The Bertz CT molecular complexity index is 664. The third-order valence-corrected chi connectivity index (χ3v) is 7.08. The van der Waals surface area contributed by atoms with E-state index in [-0.39, 0.29) is 18.1 Å². The van der Waals surface area contributed by atoms with Gasteiger partial charge in [-0.05, 0) is 79.1 Å². The number of esters is 1. The molecule has 1 fully saturated rings. The second-order valence-electron chi connectivity index (χ2n) is 9.05. The fraction of sp³-hybridized carbons (Fsp3) is 0.720. The van der Waals surface area contributed by atoms with Gasteiger partial charge in [-0.25, -0.2) is 0 Å². The van der Waals surface area contributed by atoms with Gasteiger partial charge in [-0.15, -0.1) is 0 Å². The topological polar surface area (TPSA) is 61.6 Å². The second-order valence-corrected chi connectivity index (χ2v) is 10.0. The summed E-state index contributed by atoms with van der Waals surface area (Å²) in [5.41, 5.74) is 9.04. The number of hydrogen-bond donors (Lipinski definition) is 1. The fourth-order valence-electron chi connectivity index (χ4n) is 4.09. The minimum absolute atomic E-state index is 0.0921. The quantitative estimate of drug-likeness (QED) is 0.324. The molecule has 0 spiro atoms. The number of hydrogen-bond acceptors (Lipinski definition) is 5. The molecule has 1 aliphatic heterocycles. The zero-order chi connectivity index (χ0) is 22.1. The molecule has 30 heavy (non-hydrogen) atoms. The van der Waals surface area contributed by atoms with Crippen LogP contribution in [-0.2, 0) is 16.0 Å². The van der Waals surface area contributed by atoms with E-state index in [1.807, 2.05) is 11.8 Å².